The zero-order valence-corrected chi connectivity index (χ0v) is 6.67. The molecule has 1 aromatic rings. The third-order valence-electron chi connectivity index (χ3n) is 1.76. The Morgan fingerprint density at radius 3 is 2.85 bits per heavy atom. The minimum Gasteiger partial charge on any atom is -0.491 e. The molecule has 5 nitrogen and oxygen atoms in total. The fourth-order valence-corrected chi connectivity index (χ4v) is 0.936. The highest BCUT2D eigenvalue weighted by atomic mass is 19.1. The number of aromatic hydroxyl groups is 1. The van der Waals surface area contributed by atoms with Crippen molar-refractivity contribution in [2.75, 3.05) is 5.32 Å². The third-order valence-corrected chi connectivity index (χ3v) is 1.76. The van der Waals surface area contributed by atoms with Gasteiger partial charge in [-0.2, -0.15) is 9.37 Å². The van der Waals surface area contributed by atoms with Crippen LogP contribution in [0.3, 0.4) is 0 Å². The normalized spacial score (nSPS) is 15.8. The van der Waals surface area contributed by atoms with Gasteiger partial charge in [0.15, 0.2) is 0 Å². The maximum atomic E-state index is 12.6. The van der Waals surface area contributed by atoms with E-state index in [2.05, 4.69) is 15.3 Å². The molecule has 1 saturated carbocycles. The molecule has 0 amide bonds. The summed E-state index contributed by atoms with van der Waals surface area (Å²) in [6.45, 7) is 0. The summed E-state index contributed by atoms with van der Waals surface area (Å²) >= 11 is 0. The molecule has 0 unspecified atom stereocenters. The van der Waals surface area contributed by atoms with E-state index in [9.17, 15) is 9.18 Å². The SMILES string of the molecule is O=c1[nH]c(NC2CC2)nc(O)c1F. The molecule has 1 fully saturated rings. The van der Waals surface area contributed by atoms with Gasteiger partial charge < -0.3 is 10.4 Å². The van der Waals surface area contributed by atoms with Crippen molar-refractivity contribution >= 4 is 5.95 Å². The first-order chi connectivity index (χ1) is 6.16. The standard InChI is InChI=1S/C7H8FN3O2/c8-4-5(12)10-7(11-6(4)13)9-3-1-2-3/h3H,1-2H2,(H3,9,10,11,12,13). The van der Waals surface area contributed by atoms with Gasteiger partial charge in [0, 0.05) is 6.04 Å². The van der Waals surface area contributed by atoms with Gasteiger partial charge in [0.05, 0.1) is 0 Å². The zero-order chi connectivity index (χ0) is 9.42. The van der Waals surface area contributed by atoms with E-state index in [1.54, 1.807) is 0 Å². The van der Waals surface area contributed by atoms with Crippen molar-refractivity contribution in [2.24, 2.45) is 0 Å². The summed E-state index contributed by atoms with van der Waals surface area (Å²) in [5.74, 6) is -2.00. The number of aromatic amines is 1. The Labute approximate surface area is 72.6 Å². The molecule has 0 saturated heterocycles. The van der Waals surface area contributed by atoms with Crippen molar-refractivity contribution in [2.45, 2.75) is 18.9 Å². The summed E-state index contributed by atoms with van der Waals surface area (Å²) < 4.78 is 12.6. The minimum atomic E-state index is -1.25. The molecule has 1 heterocycles. The molecule has 70 valence electrons. The van der Waals surface area contributed by atoms with Crippen molar-refractivity contribution < 1.29 is 9.50 Å². The Bertz CT molecular complexity index is 386. The highest BCUT2D eigenvalue weighted by molar-refractivity contribution is 5.30. The second kappa shape index (κ2) is 2.72. The van der Waals surface area contributed by atoms with Crippen LogP contribution in [0.15, 0.2) is 4.79 Å². The van der Waals surface area contributed by atoms with Gasteiger partial charge in [0.2, 0.25) is 11.8 Å². The molecule has 3 N–H and O–H groups in total. The maximum Gasteiger partial charge on any atom is 0.292 e. The van der Waals surface area contributed by atoms with Crippen LogP contribution in [0.5, 0.6) is 5.88 Å². The van der Waals surface area contributed by atoms with E-state index in [0.717, 1.165) is 12.8 Å². The molecule has 0 aliphatic heterocycles. The van der Waals surface area contributed by atoms with Crippen LogP contribution in [0, 0.1) is 5.82 Å². The largest absolute Gasteiger partial charge is 0.491 e. The zero-order valence-electron chi connectivity index (χ0n) is 6.67. The van der Waals surface area contributed by atoms with Crippen LogP contribution in [0.1, 0.15) is 12.8 Å². The van der Waals surface area contributed by atoms with E-state index in [0.29, 0.717) is 0 Å². The van der Waals surface area contributed by atoms with Crippen LogP contribution in [-0.2, 0) is 0 Å². The van der Waals surface area contributed by atoms with Crippen LogP contribution in [0.2, 0.25) is 0 Å². The number of halogens is 1. The molecule has 2 rings (SSSR count). The van der Waals surface area contributed by atoms with Gasteiger partial charge in [-0.15, -0.1) is 0 Å². The van der Waals surface area contributed by atoms with Crippen LogP contribution in [0.25, 0.3) is 0 Å². The number of nitrogens with zero attached hydrogens (tertiary/aromatic N) is 1. The Balaban J connectivity index is 2.31. The van der Waals surface area contributed by atoms with E-state index in [-0.39, 0.29) is 12.0 Å². The number of aromatic nitrogens is 2. The lowest BCUT2D eigenvalue weighted by Gasteiger charge is -2.02. The topological polar surface area (TPSA) is 78.0 Å². The quantitative estimate of drug-likeness (QED) is 0.614. The minimum absolute atomic E-state index is 0.117. The predicted octanol–water partition coefficient (Wildman–Crippen LogP) is 0.189. The van der Waals surface area contributed by atoms with Crippen LogP contribution >= 0.6 is 0 Å². The number of anilines is 1. The first-order valence-electron chi connectivity index (χ1n) is 3.92. The number of hydrogen-bond donors (Lipinski definition) is 3. The summed E-state index contributed by atoms with van der Waals surface area (Å²) in [5.41, 5.74) is -0.962. The summed E-state index contributed by atoms with van der Waals surface area (Å²) in [5, 5.41) is 11.7. The summed E-state index contributed by atoms with van der Waals surface area (Å²) in [6.07, 6.45) is 2.00. The molecule has 1 aliphatic rings. The van der Waals surface area contributed by atoms with Gasteiger partial charge in [-0.05, 0) is 12.8 Å². The van der Waals surface area contributed by atoms with Gasteiger partial charge in [-0.25, -0.2) is 0 Å². The fraction of sp³-hybridized carbons (Fsp3) is 0.429. The summed E-state index contributed by atoms with van der Waals surface area (Å²) in [7, 11) is 0. The van der Waals surface area contributed by atoms with Gasteiger partial charge in [-0.1, -0.05) is 0 Å². The number of H-pyrrole nitrogens is 1. The van der Waals surface area contributed by atoms with Crippen molar-refractivity contribution in [3.8, 4) is 5.88 Å². The fourth-order valence-electron chi connectivity index (χ4n) is 0.936. The molecule has 0 atom stereocenters. The van der Waals surface area contributed by atoms with E-state index < -0.39 is 17.3 Å². The van der Waals surface area contributed by atoms with Gasteiger partial charge in [-0.3, -0.25) is 9.78 Å². The third kappa shape index (κ3) is 1.61. The van der Waals surface area contributed by atoms with E-state index in [4.69, 9.17) is 5.11 Å². The Kier molecular flexibility index (Phi) is 1.68. The number of nitrogens with one attached hydrogen (secondary N) is 2. The van der Waals surface area contributed by atoms with Crippen LogP contribution in [-0.4, -0.2) is 21.1 Å². The second-order valence-corrected chi connectivity index (χ2v) is 2.97. The first kappa shape index (κ1) is 8.03. The van der Waals surface area contributed by atoms with Crippen molar-refractivity contribution in [3.05, 3.63) is 16.2 Å². The van der Waals surface area contributed by atoms with Gasteiger partial charge >= 0.3 is 0 Å². The van der Waals surface area contributed by atoms with Crippen molar-refractivity contribution in [3.63, 3.8) is 0 Å². The Hall–Kier alpha value is -1.59. The molecule has 0 bridgehead atoms. The molecule has 1 aliphatic carbocycles. The van der Waals surface area contributed by atoms with Crippen LogP contribution < -0.4 is 10.9 Å². The van der Waals surface area contributed by atoms with Crippen molar-refractivity contribution in [1.29, 1.82) is 0 Å². The van der Waals surface area contributed by atoms with E-state index in [1.807, 2.05) is 0 Å². The lowest BCUT2D eigenvalue weighted by Crippen LogP contribution is -2.16. The predicted molar refractivity (Wildman–Crippen MR) is 43.1 cm³/mol. The maximum absolute atomic E-state index is 12.6. The lowest BCUT2D eigenvalue weighted by atomic mass is 10.6. The summed E-state index contributed by atoms with van der Waals surface area (Å²) in [4.78, 5) is 16.4. The molecule has 0 spiro atoms. The number of hydrogen-bond acceptors (Lipinski definition) is 4. The van der Waals surface area contributed by atoms with Gasteiger partial charge in [0.25, 0.3) is 11.4 Å². The monoisotopic (exact) mass is 185 g/mol. The number of rotatable bonds is 2. The highest BCUT2D eigenvalue weighted by Crippen LogP contribution is 2.23. The molecule has 0 radical (unpaired) electrons. The van der Waals surface area contributed by atoms with Crippen molar-refractivity contribution in [1.82, 2.24) is 9.97 Å². The van der Waals surface area contributed by atoms with E-state index in [1.165, 1.54) is 0 Å². The summed E-state index contributed by atoms with van der Waals surface area (Å²) in [6, 6.07) is 0.285. The average molecular weight is 185 g/mol. The smallest absolute Gasteiger partial charge is 0.292 e. The molecular weight excluding hydrogens is 177 g/mol. The first-order valence-corrected chi connectivity index (χ1v) is 3.92. The van der Waals surface area contributed by atoms with E-state index >= 15 is 0 Å². The van der Waals surface area contributed by atoms with Gasteiger partial charge in [0.1, 0.15) is 0 Å². The highest BCUT2D eigenvalue weighted by Gasteiger charge is 2.22. The Morgan fingerprint density at radius 2 is 2.31 bits per heavy atom. The second-order valence-electron chi connectivity index (χ2n) is 2.97. The average Bonchev–Trinajstić information content (AvgIpc) is 2.84. The molecular formula is C7H8FN3O2. The molecule has 13 heavy (non-hydrogen) atoms. The molecule has 1 aromatic heterocycles. The molecule has 0 aromatic carbocycles. The lowest BCUT2D eigenvalue weighted by molar-refractivity contribution is 0.405. The Morgan fingerprint density at radius 1 is 1.62 bits per heavy atom. The van der Waals surface area contributed by atoms with Crippen LogP contribution in [0.4, 0.5) is 10.3 Å². The molecule has 6 heteroatoms.